The van der Waals surface area contributed by atoms with Crippen molar-refractivity contribution in [3.8, 4) is 0 Å². The molecule has 6 heteroatoms. The Labute approximate surface area is 217 Å². The van der Waals surface area contributed by atoms with E-state index in [9.17, 15) is 19.5 Å². The molecule has 2 aliphatic heterocycles. The van der Waals surface area contributed by atoms with Gasteiger partial charge >= 0.3 is 5.97 Å². The number of hydrogen-bond acceptors (Lipinski definition) is 3. The molecule has 190 valence electrons. The van der Waals surface area contributed by atoms with E-state index in [-0.39, 0.29) is 24.4 Å². The fraction of sp³-hybridized carbons (Fsp3) is 0.323. The Morgan fingerprint density at radius 2 is 1.38 bits per heavy atom. The van der Waals surface area contributed by atoms with Crippen LogP contribution in [0.25, 0.3) is 0 Å². The van der Waals surface area contributed by atoms with Gasteiger partial charge in [-0.25, -0.2) is 4.79 Å². The van der Waals surface area contributed by atoms with Crippen LogP contribution in [0.4, 0.5) is 0 Å². The summed E-state index contributed by atoms with van der Waals surface area (Å²) in [6.07, 6.45) is 3.14. The maximum Gasteiger partial charge on any atom is 0.328 e. The molecule has 2 aliphatic rings. The highest BCUT2D eigenvalue weighted by molar-refractivity contribution is 5.92. The summed E-state index contributed by atoms with van der Waals surface area (Å²) < 4.78 is 0. The number of amides is 2. The monoisotopic (exact) mass is 496 g/mol. The van der Waals surface area contributed by atoms with Gasteiger partial charge in [-0.2, -0.15) is 0 Å². The van der Waals surface area contributed by atoms with E-state index in [0.717, 1.165) is 29.5 Å². The Hall–Kier alpha value is -3.93. The average molecular weight is 497 g/mol. The molecule has 3 aromatic rings. The van der Waals surface area contributed by atoms with Crippen molar-refractivity contribution in [3.05, 3.63) is 108 Å². The SMILES string of the molecule is O=C(O)[C@@H]1[C@H]2CCC[C@@H](CN1C(=O)C(c1ccccc1)c1ccccc1)N2C(=O)CCc1ccccc1. The van der Waals surface area contributed by atoms with Crippen molar-refractivity contribution in [1.82, 2.24) is 9.80 Å². The molecule has 0 spiro atoms. The molecule has 0 aliphatic carbocycles. The molecule has 3 aromatic carbocycles. The third-order valence-electron chi connectivity index (χ3n) is 7.70. The lowest BCUT2D eigenvalue weighted by atomic mass is 9.83. The quantitative estimate of drug-likeness (QED) is 0.523. The number of aryl methyl sites for hydroxylation is 1. The molecule has 2 amide bonds. The molecule has 1 N–H and O–H groups in total. The first-order chi connectivity index (χ1) is 18.0. The standard InChI is InChI=1S/C31H32N2O4/c34-27(20-19-22-11-4-1-5-12-22)33-25-17-10-18-26(33)29(31(36)37)32(21-25)30(35)28(23-13-6-2-7-14-23)24-15-8-3-9-16-24/h1-9,11-16,25-26,28-29H,10,17-21H2,(H,36,37)/t25-,26+,29-/m0/s1. The molecule has 2 saturated heterocycles. The number of piperazine rings is 1. The summed E-state index contributed by atoms with van der Waals surface area (Å²) >= 11 is 0. The number of likely N-dealkylation sites (tertiary alicyclic amines) is 1. The predicted octanol–water partition coefficient (Wildman–Crippen LogP) is 4.50. The van der Waals surface area contributed by atoms with Crippen LogP contribution in [-0.4, -0.2) is 57.4 Å². The van der Waals surface area contributed by atoms with E-state index in [2.05, 4.69) is 0 Å². The second-order valence-electron chi connectivity index (χ2n) is 9.97. The van der Waals surface area contributed by atoms with Crippen molar-refractivity contribution in [3.63, 3.8) is 0 Å². The van der Waals surface area contributed by atoms with Crippen molar-refractivity contribution in [1.29, 1.82) is 0 Å². The van der Waals surface area contributed by atoms with Crippen LogP contribution in [0, 0.1) is 0 Å². The van der Waals surface area contributed by atoms with Crippen LogP contribution in [0.2, 0.25) is 0 Å². The zero-order valence-electron chi connectivity index (χ0n) is 20.8. The first-order valence-electron chi connectivity index (χ1n) is 13.0. The molecule has 0 radical (unpaired) electrons. The van der Waals surface area contributed by atoms with Gasteiger partial charge in [-0.3, -0.25) is 9.59 Å². The number of nitrogens with zero attached hydrogens (tertiary/aromatic N) is 2. The largest absolute Gasteiger partial charge is 0.480 e. The Morgan fingerprint density at radius 1 is 0.811 bits per heavy atom. The van der Waals surface area contributed by atoms with E-state index >= 15 is 0 Å². The topological polar surface area (TPSA) is 77.9 Å². The Morgan fingerprint density at radius 3 is 1.95 bits per heavy atom. The van der Waals surface area contributed by atoms with Gasteiger partial charge < -0.3 is 14.9 Å². The zero-order valence-corrected chi connectivity index (χ0v) is 20.8. The molecular formula is C31H32N2O4. The summed E-state index contributed by atoms with van der Waals surface area (Å²) in [5, 5.41) is 10.4. The molecule has 0 aromatic heterocycles. The smallest absolute Gasteiger partial charge is 0.328 e. The van der Waals surface area contributed by atoms with E-state index in [4.69, 9.17) is 0 Å². The van der Waals surface area contributed by atoms with Crippen LogP contribution < -0.4 is 0 Å². The number of fused-ring (bicyclic) bond motifs is 2. The highest BCUT2D eigenvalue weighted by Crippen LogP contribution is 2.37. The number of carbonyl (C=O) groups excluding carboxylic acids is 2. The van der Waals surface area contributed by atoms with Gasteiger partial charge in [-0.1, -0.05) is 91.0 Å². The van der Waals surface area contributed by atoms with E-state index < -0.39 is 24.0 Å². The number of carbonyl (C=O) groups is 3. The lowest BCUT2D eigenvalue weighted by Crippen LogP contribution is -2.70. The maximum atomic E-state index is 14.2. The number of carboxylic acid groups (broad SMARTS) is 1. The van der Waals surface area contributed by atoms with Gasteiger partial charge in [0.2, 0.25) is 11.8 Å². The number of rotatable bonds is 7. The second kappa shape index (κ2) is 11.0. The Balaban J connectivity index is 1.44. The van der Waals surface area contributed by atoms with E-state index in [1.807, 2.05) is 91.0 Å². The van der Waals surface area contributed by atoms with E-state index in [0.29, 0.717) is 19.3 Å². The minimum atomic E-state index is -1.07. The summed E-state index contributed by atoms with van der Waals surface area (Å²) in [5.74, 6) is -1.91. The lowest BCUT2D eigenvalue weighted by molar-refractivity contribution is -0.168. The molecule has 0 saturated carbocycles. The number of benzene rings is 3. The number of piperidine rings is 1. The van der Waals surface area contributed by atoms with Crippen molar-refractivity contribution in [2.75, 3.05) is 6.54 Å². The molecule has 2 bridgehead atoms. The third kappa shape index (κ3) is 5.15. The van der Waals surface area contributed by atoms with Gasteiger partial charge in [-0.15, -0.1) is 0 Å². The zero-order chi connectivity index (χ0) is 25.8. The second-order valence-corrected chi connectivity index (χ2v) is 9.97. The van der Waals surface area contributed by atoms with Gasteiger partial charge in [0.25, 0.3) is 0 Å². The van der Waals surface area contributed by atoms with Gasteiger partial charge in [0.05, 0.1) is 12.0 Å². The first kappa shape index (κ1) is 24.8. The van der Waals surface area contributed by atoms with Gasteiger partial charge in [0.15, 0.2) is 0 Å². The van der Waals surface area contributed by atoms with Gasteiger partial charge in [0.1, 0.15) is 6.04 Å². The minimum absolute atomic E-state index is 0.0282. The molecule has 2 heterocycles. The third-order valence-corrected chi connectivity index (χ3v) is 7.70. The van der Waals surface area contributed by atoms with Crippen molar-refractivity contribution in [2.45, 2.75) is 56.1 Å². The predicted molar refractivity (Wildman–Crippen MR) is 141 cm³/mol. The van der Waals surface area contributed by atoms with Gasteiger partial charge in [-0.05, 0) is 42.4 Å². The van der Waals surface area contributed by atoms with Crippen molar-refractivity contribution in [2.24, 2.45) is 0 Å². The molecule has 37 heavy (non-hydrogen) atoms. The fourth-order valence-electron chi connectivity index (χ4n) is 6.02. The number of hydrogen-bond donors (Lipinski definition) is 1. The summed E-state index contributed by atoms with van der Waals surface area (Å²) in [6.45, 7) is 0.236. The van der Waals surface area contributed by atoms with E-state index in [1.165, 1.54) is 0 Å². The molecule has 3 atom stereocenters. The summed E-state index contributed by atoms with van der Waals surface area (Å²) in [4.78, 5) is 43.7. The number of carboxylic acids is 1. The highest BCUT2D eigenvalue weighted by Gasteiger charge is 2.51. The molecular weight excluding hydrogens is 464 g/mol. The van der Waals surface area contributed by atoms with Crippen molar-refractivity contribution < 1.29 is 19.5 Å². The summed E-state index contributed by atoms with van der Waals surface area (Å²) in [7, 11) is 0. The van der Waals surface area contributed by atoms with E-state index in [1.54, 1.807) is 9.80 Å². The molecule has 2 fully saturated rings. The fourth-order valence-corrected chi connectivity index (χ4v) is 6.02. The van der Waals surface area contributed by atoms with Crippen LogP contribution in [0.15, 0.2) is 91.0 Å². The van der Waals surface area contributed by atoms with Crippen LogP contribution in [0.1, 0.15) is 48.3 Å². The Bertz CT molecular complexity index is 1190. The number of aliphatic carboxylic acids is 1. The van der Waals surface area contributed by atoms with Crippen LogP contribution in [0.3, 0.4) is 0 Å². The van der Waals surface area contributed by atoms with Crippen LogP contribution in [0.5, 0.6) is 0 Å². The highest BCUT2D eigenvalue weighted by atomic mass is 16.4. The van der Waals surface area contributed by atoms with Crippen molar-refractivity contribution >= 4 is 17.8 Å². The Kier molecular flexibility index (Phi) is 7.35. The lowest BCUT2D eigenvalue weighted by Gasteiger charge is -2.53. The minimum Gasteiger partial charge on any atom is -0.480 e. The normalized spacial score (nSPS) is 21.1. The molecule has 5 rings (SSSR count). The first-order valence-corrected chi connectivity index (χ1v) is 13.0. The summed E-state index contributed by atoms with van der Waals surface area (Å²) in [5.41, 5.74) is 2.74. The van der Waals surface area contributed by atoms with Crippen LogP contribution in [-0.2, 0) is 20.8 Å². The maximum absolute atomic E-state index is 14.2. The van der Waals surface area contributed by atoms with Gasteiger partial charge in [0, 0.05) is 19.0 Å². The van der Waals surface area contributed by atoms with Crippen LogP contribution >= 0.6 is 0 Å². The molecule has 6 nitrogen and oxygen atoms in total. The summed E-state index contributed by atoms with van der Waals surface area (Å²) in [6, 6.07) is 27.1. The molecule has 0 unspecified atom stereocenters. The average Bonchev–Trinajstić information content (AvgIpc) is 2.92.